The van der Waals surface area contributed by atoms with Gasteiger partial charge in [-0.15, -0.1) is 0 Å². The molecule has 1 aliphatic carbocycles. The summed E-state index contributed by atoms with van der Waals surface area (Å²) in [4.78, 5) is 0. The third kappa shape index (κ3) is 5.87. The molecule has 17 heavy (non-hydrogen) atoms. The number of hydrogen-bond acceptors (Lipinski definition) is 2. The average molecular weight is 242 g/mol. The molecule has 0 aromatic rings. The molecule has 0 bridgehead atoms. The zero-order chi connectivity index (χ0) is 12.9. The molecular weight excluding hydrogens is 212 g/mol. The van der Waals surface area contributed by atoms with Crippen molar-refractivity contribution in [2.75, 3.05) is 6.61 Å². The van der Waals surface area contributed by atoms with Crippen molar-refractivity contribution in [3.8, 4) is 0 Å². The van der Waals surface area contributed by atoms with Crippen molar-refractivity contribution >= 4 is 0 Å². The summed E-state index contributed by atoms with van der Waals surface area (Å²) >= 11 is 0. The van der Waals surface area contributed by atoms with Crippen LogP contribution in [0.15, 0.2) is 0 Å². The second-order valence-corrected chi connectivity index (χ2v) is 6.73. The van der Waals surface area contributed by atoms with E-state index in [1.165, 1.54) is 38.5 Å². The average Bonchev–Trinajstić information content (AvgIpc) is 2.13. The SMILES string of the molecule is CC(O)COC1CCCC(C(C)(C)C)CCC1. The Labute approximate surface area is 107 Å². The molecule has 102 valence electrons. The maximum Gasteiger partial charge on any atom is 0.0745 e. The molecule has 0 aromatic heterocycles. The second-order valence-electron chi connectivity index (χ2n) is 6.73. The maximum absolute atomic E-state index is 9.23. The predicted molar refractivity (Wildman–Crippen MR) is 72.1 cm³/mol. The van der Waals surface area contributed by atoms with Gasteiger partial charge in [-0.2, -0.15) is 0 Å². The van der Waals surface area contributed by atoms with Gasteiger partial charge in [0.15, 0.2) is 0 Å². The molecule has 0 spiro atoms. The highest BCUT2D eigenvalue weighted by Gasteiger charge is 2.26. The Morgan fingerprint density at radius 2 is 1.65 bits per heavy atom. The van der Waals surface area contributed by atoms with E-state index in [1.807, 2.05) is 0 Å². The first-order valence-electron chi connectivity index (χ1n) is 7.19. The van der Waals surface area contributed by atoms with Crippen LogP contribution in [0.5, 0.6) is 0 Å². The fourth-order valence-electron chi connectivity index (χ4n) is 2.78. The number of aliphatic hydroxyl groups is 1. The van der Waals surface area contributed by atoms with Gasteiger partial charge in [0.1, 0.15) is 0 Å². The first-order chi connectivity index (χ1) is 7.89. The van der Waals surface area contributed by atoms with Crippen molar-refractivity contribution in [3.05, 3.63) is 0 Å². The zero-order valence-corrected chi connectivity index (χ0v) is 12.0. The molecule has 1 rings (SSSR count). The van der Waals surface area contributed by atoms with Crippen LogP contribution in [-0.4, -0.2) is 23.9 Å². The summed E-state index contributed by atoms with van der Waals surface area (Å²) in [7, 11) is 0. The molecule has 0 amide bonds. The minimum atomic E-state index is -0.331. The summed E-state index contributed by atoms with van der Waals surface area (Å²) < 4.78 is 5.75. The van der Waals surface area contributed by atoms with E-state index in [4.69, 9.17) is 4.74 Å². The van der Waals surface area contributed by atoms with Gasteiger partial charge in [0.05, 0.1) is 18.8 Å². The van der Waals surface area contributed by atoms with E-state index >= 15 is 0 Å². The molecule has 0 aliphatic heterocycles. The van der Waals surface area contributed by atoms with Gasteiger partial charge in [-0.05, 0) is 43.9 Å². The highest BCUT2D eigenvalue weighted by atomic mass is 16.5. The lowest BCUT2D eigenvalue weighted by atomic mass is 9.74. The molecule has 1 N–H and O–H groups in total. The van der Waals surface area contributed by atoms with Crippen molar-refractivity contribution in [2.24, 2.45) is 11.3 Å². The summed E-state index contributed by atoms with van der Waals surface area (Å²) in [6, 6.07) is 0. The van der Waals surface area contributed by atoms with Gasteiger partial charge in [-0.3, -0.25) is 0 Å². The van der Waals surface area contributed by atoms with E-state index in [-0.39, 0.29) is 6.10 Å². The number of hydrogen-bond donors (Lipinski definition) is 1. The van der Waals surface area contributed by atoms with Gasteiger partial charge in [-0.1, -0.05) is 33.6 Å². The predicted octanol–water partition coefficient (Wildman–Crippen LogP) is 3.77. The molecular formula is C15H30O2. The van der Waals surface area contributed by atoms with E-state index in [0.717, 1.165) is 5.92 Å². The quantitative estimate of drug-likeness (QED) is 0.816. The molecule has 0 heterocycles. The maximum atomic E-state index is 9.23. The van der Waals surface area contributed by atoms with Crippen molar-refractivity contribution < 1.29 is 9.84 Å². The third-order valence-electron chi connectivity index (χ3n) is 3.96. The molecule has 0 radical (unpaired) electrons. The van der Waals surface area contributed by atoms with Crippen LogP contribution in [0.4, 0.5) is 0 Å². The largest absolute Gasteiger partial charge is 0.391 e. The minimum absolute atomic E-state index is 0.331. The van der Waals surface area contributed by atoms with E-state index in [0.29, 0.717) is 18.1 Å². The van der Waals surface area contributed by atoms with Crippen LogP contribution >= 0.6 is 0 Å². The number of ether oxygens (including phenoxy) is 1. The van der Waals surface area contributed by atoms with E-state index in [9.17, 15) is 5.11 Å². The van der Waals surface area contributed by atoms with Crippen molar-refractivity contribution in [2.45, 2.75) is 78.4 Å². The summed E-state index contributed by atoms with van der Waals surface area (Å²) in [5.74, 6) is 0.861. The first kappa shape index (κ1) is 15.0. The smallest absolute Gasteiger partial charge is 0.0745 e. The second kappa shape index (κ2) is 6.75. The lowest BCUT2D eigenvalue weighted by Crippen LogP contribution is -2.25. The van der Waals surface area contributed by atoms with E-state index in [2.05, 4.69) is 20.8 Å². The fraction of sp³-hybridized carbons (Fsp3) is 1.00. The van der Waals surface area contributed by atoms with Crippen LogP contribution in [0.25, 0.3) is 0 Å². The number of rotatable bonds is 3. The van der Waals surface area contributed by atoms with Crippen LogP contribution in [0.1, 0.15) is 66.2 Å². The van der Waals surface area contributed by atoms with Gasteiger partial charge in [0, 0.05) is 0 Å². The molecule has 0 aromatic carbocycles. The standard InChI is InChI=1S/C15H30O2/c1-12(16)11-17-14-9-5-7-13(8-6-10-14)15(2,3)4/h12-14,16H,5-11H2,1-4H3. The monoisotopic (exact) mass is 242 g/mol. The van der Waals surface area contributed by atoms with Crippen LogP contribution in [0.3, 0.4) is 0 Å². The van der Waals surface area contributed by atoms with Gasteiger partial charge in [0.2, 0.25) is 0 Å². The first-order valence-corrected chi connectivity index (χ1v) is 7.19. The Hall–Kier alpha value is -0.0800. The molecule has 2 heteroatoms. The van der Waals surface area contributed by atoms with Crippen LogP contribution in [0, 0.1) is 11.3 Å². The van der Waals surface area contributed by atoms with Gasteiger partial charge < -0.3 is 9.84 Å². The molecule has 1 aliphatic rings. The Balaban J connectivity index is 2.32. The van der Waals surface area contributed by atoms with Gasteiger partial charge in [0.25, 0.3) is 0 Å². The highest BCUT2D eigenvalue weighted by Crippen LogP contribution is 2.36. The lowest BCUT2D eigenvalue weighted by Gasteiger charge is -2.33. The summed E-state index contributed by atoms with van der Waals surface area (Å²) in [5, 5.41) is 9.23. The molecule has 0 saturated heterocycles. The number of aliphatic hydroxyl groups excluding tert-OH is 1. The van der Waals surface area contributed by atoms with Crippen LogP contribution < -0.4 is 0 Å². The molecule has 1 atom stereocenters. The van der Waals surface area contributed by atoms with Crippen molar-refractivity contribution in [3.63, 3.8) is 0 Å². The van der Waals surface area contributed by atoms with Crippen LogP contribution in [-0.2, 0) is 4.74 Å². The van der Waals surface area contributed by atoms with Crippen molar-refractivity contribution in [1.82, 2.24) is 0 Å². The summed E-state index contributed by atoms with van der Waals surface area (Å²) in [6.45, 7) is 9.37. The lowest BCUT2D eigenvalue weighted by molar-refractivity contribution is -0.0171. The Morgan fingerprint density at radius 1 is 1.12 bits per heavy atom. The van der Waals surface area contributed by atoms with Gasteiger partial charge in [-0.25, -0.2) is 0 Å². The normalized spacial score (nSPS) is 29.5. The third-order valence-corrected chi connectivity index (χ3v) is 3.96. The fourth-order valence-corrected chi connectivity index (χ4v) is 2.78. The highest BCUT2D eigenvalue weighted by molar-refractivity contribution is 4.77. The van der Waals surface area contributed by atoms with Gasteiger partial charge >= 0.3 is 0 Å². The molecule has 1 unspecified atom stereocenters. The van der Waals surface area contributed by atoms with Crippen LogP contribution in [0.2, 0.25) is 0 Å². The topological polar surface area (TPSA) is 29.5 Å². The Kier molecular flexibility index (Phi) is 5.94. The van der Waals surface area contributed by atoms with Crippen molar-refractivity contribution in [1.29, 1.82) is 0 Å². The summed E-state index contributed by atoms with van der Waals surface area (Å²) in [5.41, 5.74) is 0.452. The molecule has 1 fully saturated rings. The van der Waals surface area contributed by atoms with E-state index in [1.54, 1.807) is 6.92 Å². The minimum Gasteiger partial charge on any atom is -0.391 e. The Morgan fingerprint density at radius 3 is 2.06 bits per heavy atom. The Bertz CT molecular complexity index is 195. The molecule has 2 nitrogen and oxygen atoms in total. The van der Waals surface area contributed by atoms with E-state index < -0.39 is 0 Å². The molecule has 1 saturated carbocycles. The summed E-state index contributed by atoms with van der Waals surface area (Å²) in [6.07, 6.45) is 7.58. The zero-order valence-electron chi connectivity index (χ0n) is 12.0.